The van der Waals surface area contributed by atoms with Gasteiger partial charge >= 0.3 is 0 Å². The lowest BCUT2D eigenvalue weighted by Gasteiger charge is -2.04. The van der Waals surface area contributed by atoms with E-state index in [0.29, 0.717) is 28.0 Å². The van der Waals surface area contributed by atoms with Gasteiger partial charge in [-0.15, -0.1) is 0 Å². The standard InChI is InChI=1S/C15H10N4O2/c1-9-11(7-16)15(19(2)18-9)21-14-10-5-3-4-6-12(10)20-13(14)8-17/h3-6H,1-2H3. The Morgan fingerprint density at radius 3 is 2.71 bits per heavy atom. The molecule has 0 bridgehead atoms. The van der Waals surface area contributed by atoms with Crippen molar-refractivity contribution >= 4 is 11.0 Å². The van der Waals surface area contributed by atoms with Crippen molar-refractivity contribution in [3.8, 4) is 23.8 Å². The Hall–Kier alpha value is -3.25. The predicted octanol–water partition coefficient (Wildman–Crippen LogP) is 3.01. The second-order valence-corrected chi connectivity index (χ2v) is 4.47. The van der Waals surface area contributed by atoms with Gasteiger partial charge in [-0.2, -0.15) is 15.6 Å². The number of furan rings is 1. The molecule has 102 valence electrons. The summed E-state index contributed by atoms with van der Waals surface area (Å²) in [5.41, 5.74) is 1.47. The summed E-state index contributed by atoms with van der Waals surface area (Å²) in [4.78, 5) is 0. The number of aromatic nitrogens is 2. The van der Waals surface area contributed by atoms with E-state index in [4.69, 9.17) is 9.15 Å². The van der Waals surface area contributed by atoms with E-state index < -0.39 is 0 Å². The van der Waals surface area contributed by atoms with E-state index in [1.807, 2.05) is 18.2 Å². The molecule has 0 fully saturated rings. The summed E-state index contributed by atoms with van der Waals surface area (Å²) in [6, 6.07) is 11.2. The molecule has 0 radical (unpaired) electrons. The Balaban J connectivity index is 2.20. The minimum atomic E-state index is 0.0685. The molecule has 0 aliphatic carbocycles. The van der Waals surface area contributed by atoms with E-state index in [0.717, 1.165) is 0 Å². The maximum atomic E-state index is 9.21. The van der Waals surface area contributed by atoms with Crippen molar-refractivity contribution < 1.29 is 9.15 Å². The maximum absolute atomic E-state index is 9.21. The van der Waals surface area contributed by atoms with Gasteiger partial charge in [-0.25, -0.2) is 4.68 Å². The van der Waals surface area contributed by atoms with Gasteiger partial charge in [0.2, 0.25) is 11.6 Å². The third kappa shape index (κ3) is 1.90. The minimum absolute atomic E-state index is 0.0685. The molecule has 6 nitrogen and oxygen atoms in total. The summed E-state index contributed by atoms with van der Waals surface area (Å²) in [7, 11) is 1.68. The number of fused-ring (bicyclic) bond motifs is 1. The van der Waals surface area contributed by atoms with Gasteiger partial charge in [-0.1, -0.05) is 12.1 Å². The van der Waals surface area contributed by atoms with Crippen LogP contribution in [0.1, 0.15) is 17.0 Å². The second kappa shape index (κ2) is 4.69. The fourth-order valence-electron chi connectivity index (χ4n) is 2.18. The van der Waals surface area contributed by atoms with Crippen molar-refractivity contribution in [3.05, 3.63) is 41.3 Å². The van der Waals surface area contributed by atoms with Gasteiger partial charge < -0.3 is 9.15 Å². The molecule has 0 saturated carbocycles. The SMILES string of the molecule is Cc1nn(C)c(Oc2c(C#N)oc3ccccc23)c1C#N. The van der Waals surface area contributed by atoms with Crippen molar-refractivity contribution in [2.24, 2.45) is 7.05 Å². The zero-order valence-electron chi connectivity index (χ0n) is 11.4. The van der Waals surface area contributed by atoms with E-state index in [1.165, 1.54) is 4.68 Å². The van der Waals surface area contributed by atoms with E-state index in [-0.39, 0.29) is 11.6 Å². The first kappa shape index (κ1) is 12.8. The molecule has 0 N–H and O–H groups in total. The van der Waals surface area contributed by atoms with Gasteiger partial charge in [0.05, 0.1) is 11.1 Å². The second-order valence-electron chi connectivity index (χ2n) is 4.47. The highest BCUT2D eigenvalue weighted by Crippen LogP contribution is 2.37. The fraction of sp³-hybridized carbons (Fsp3) is 0.133. The highest BCUT2D eigenvalue weighted by Gasteiger charge is 2.21. The number of nitriles is 2. The van der Waals surface area contributed by atoms with Crippen LogP contribution in [-0.2, 0) is 7.05 Å². The van der Waals surface area contributed by atoms with Crippen LogP contribution in [0.2, 0.25) is 0 Å². The quantitative estimate of drug-likeness (QED) is 0.719. The molecule has 0 spiro atoms. The van der Waals surface area contributed by atoms with Crippen LogP contribution < -0.4 is 4.74 Å². The molecule has 6 heteroatoms. The van der Waals surface area contributed by atoms with Crippen LogP contribution in [0, 0.1) is 29.6 Å². The number of hydrogen-bond donors (Lipinski definition) is 0. The monoisotopic (exact) mass is 278 g/mol. The Bertz CT molecular complexity index is 922. The Kier molecular flexibility index (Phi) is 2.85. The van der Waals surface area contributed by atoms with E-state index in [2.05, 4.69) is 11.2 Å². The normalized spacial score (nSPS) is 10.3. The maximum Gasteiger partial charge on any atom is 0.247 e. The summed E-state index contributed by atoms with van der Waals surface area (Å²) < 4.78 is 12.7. The van der Waals surface area contributed by atoms with E-state index >= 15 is 0 Å². The smallest absolute Gasteiger partial charge is 0.247 e. The average molecular weight is 278 g/mol. The number of benzene rings is 1. The molecule has 0 aliphatic rings. The summed E-state index contributed by atoms with van der Waals surface area (Å²) in [6.45, 7) is 1.73. The van der Waals surface area contributed by atoms with Crippen LogP contribution in [0.3, 0.4) is 0 Å². The number of ether oxygens (including phenoxy) is 1. The fourth-order valence-corrected chi connectivity index (χ4v) is 2.18. The van der Waals surface area contributed by atoms with Gasteiger partial charge in [0.25, 0.3) is 0 Å². The third-order valence-electron chi connectivity index (χ3n) is 3.13. The molecular formula is C15H10N4O2. The molecule has 3 rings (SSSR count). The van der Waals surface area contributed by atoms with Crippen LogP contribution in [0.5, 0.6) is 11.6 Å². The van der Waals surface area contributed by atoms with Crippen LogP contribution >= 0.6 is 0 Å². The average Bonchev–Trinajstić information content (AvgIpc) is 2.97. The van der Waals surface area contributed by atoms with Crippen molar-refractivity contribution in [1.82, 2.24) is 9.78 Å². The first-order chi connectivity index (χ1) is 10.2. The third-order valence-corrected chi connectivity index (χ3v) is 3.13. The highest BCUT2D eigenvalue weighted by atomic mass is 16.5. The van der Waals surface area contributed by atoms with Crippen LogP contribution in [0.4, 0.5) is 0 Å². The highest BCUT2D eigenvalue weighted by molar-refractivity contribution is 5.86. The first-order valence-electron chi connectivity index (χ1n) is 6.19. The topological polar surface area (TPSA) is 87.8 Å². The summed E-state index contributed by atoms with van der Waals surface area (Å²) in [6.07, 6.45) is 0. The number of rotatable bonds is 2. The van der Waals surface area contributed by atoms with E-state index in [1.54, 1.807) is 26.1 Å². The predicted molar refractivity (Wildman–Crippen MR) is 73.7 cm³/mol. The van der Waals surface area contributed by atoms with Crippen LogP contribution in [-0.4, -0.2) is 9.78 Å². The number of nitrogens with zero attached hydrogens (tertiary/aromatic N) is 4. The Morgan fingerprint density at radius 1 is 1.24 bits per heavy atom. The molecular weight excluding hydrogens is 268 g/mol. The van der Waals surface area contributed by atoms with Gasteiger partial charge in [-0.3, -0.25) is 0 Å². The number of hydrogen-bond acceptors (Lipinski definition) is 5. The van der Waals surface area contributed by atoms with Crippen LogP contribution in [0.15, 0.2) is 28.7 Å². The summed E-state index contributed by atoms with van der Waals surface area (Å²) >= 11 is 0. The molecule has 2 heterocycles. The van der Waals surface area contributed by atoms with Crippen molar-refractivity contribution in [3.63, 3.8) is 0 Å². The van der Waals surface area contributed by atoms with Crippen LogP contribution in [0.25, 0.3) is 11.0 Å². The summed E-state index contributed by atoms with van der Waals surface area (Å²) in [5, 5.41) is 23.2. The number of aryl methyl sites for hydroxylation is 2. The van der Waals surface area contributed by atoms with Gasteiger partial charge in [0.1, 0.15) is 23.3 Å². The van der Waals surface area contributed by atoms with Gasteiger partial charge in [0, 0.05) is 7.05 Å². The van der Waals surface area contributed by atoms with Gasteiger partial charge in [0.15, 0.2) is 5.75 Å². The van der Waals surface area contributed by atoms with Crippen molar-refractivity contribution in [1.29, 1.82) is 10.5 Å². The molecule has 1 aromatic carbocycles. The minimum Gasteiger partial charge on any atom is -0.442 e. The summed E-state index contributed by atoms with van der Waals surface area (Å²) in [5.74, 6) is 0.657. The van der Waals surface area contributed by atoms with Crippen molar-refractivity contribution in [2.75, 3.05) is 0 Å². The Labute approximate surface area is 120 Å². The zero-order chi connectivity index (χ0) is 15.0. The first-order valence-corrected chi connectivity index (χ1v) is 6.19. The molecule has 2 aromatic heterocycles. The van der Waals surface area contributed by atoms with Crippen molar-refractivity contribution in [2.45, 2.75) is 6.92 Å². The molecule has 21 heavy (non-hydrogen) atoms. The van der Waals surface area contributed by atoms with Gasteiger partial charge in [-0.05, 0) is 19.1 Å². The number of para-hydroxylation sites is 1. The Morgan fingerprint density at radius 2 is 2.00 bits per heavy atom. The zero-order valence-corrected chi connectivity index (χ0v) is 11.4. The molecule has 0 amide bonds. The molecule has 0 aliphatic heterocycles. The lowest BCUT2D eigenvalue weighted by Crippen LogP contribution is -1.96. The lowest BCUT2D eigenvalue weighted by atomic mass is 10.2. The molecule has 3 aromatic rings. The molecule has 0 atom stereocenters. The lowest BCUT2D eigenvalue weighted by molar-refractivity contribution is 0.421. The molecule has 0 saturated heterocycles. The largest absolute Gasteiger partial charge is 0.442 e. The molecule has 0 unspecified atom stereocenters. The van der Waals surface area contributed by atoms with E-state index in [9.17, 15) is 10.5 Å².